The molecule has 0 amide bonds. The minimum atomic E-state index is 0.723. The van der Waals surface area contributed by atoms with Crippen molar-refractivity contribution < 1.29 is 0 Å². The van der Waals surface area contributed by atoms with Crippen molar-refractivity contribution in [2.24, 2.45) is 0 Å². The summed E-state index contributed by atoms with van der Waals surface area (Å²) in [6.07, 6.45) is 7.12. The quantitative estimate of drug-likeness (QED) is 0.684. The van der Waals surface area contributed by atoms with E-state index in [0.29, 0.717) is 0 Å². The van der Waals surface area contributed by atoms with Crippen LogP contribution in [0.5, 0.6) is 0 Å². The van der Waals surface area contributed by atoms with Gasteiger partial charge in [-0.2, -0.15) is 0 Å². The van der Waals surface area contributed by atoms with Crippen LogP contribution in [0.4, 0.5) is 0 Å². The molecule has 2 heterocycles. The maximum absolute atomic E-state index is 6.22. The van der Waals surface area contributed by atoms with E-state index in [0.717, 1.165) is 27.3 Å². The average Bonchev–Trinajstić information content (AvgIpc) is 2.48. The molecule has 1 aromatic carbocycles. The molecule has 92 valence electrons. The molecule has 19 heavy (non-hydrogen) atoms. The van der Waals surface area contributed by atoms with Gasteiger partial charge in [0.2, 0.25) is 0 Å². The Bertz CT molecular complexity index is 624. The van der Waals surface area contributed by atoms with Crippen molar-refractivity contribution in [2.75, 3.05) is 0 Å². The van der Waals surface area contributed by atoms with Gasteiger partial charge in [-0.15, -0.1) is 0 Å². The lowest BCUT2D eigenvalue weighted by Crippen LogP contribution is -1.83. The Kier molecular flexibility index (Phi) is 3.25. The highest BCUT2D eigenvalue weighted by Gasteiger charge is 2.04. The lowest BCUT2D eigenvalue weighted by molar-refractivity contribution is 1.33. The Morgan fingerprint density at radius 1 is 0.579 bits per heavy atom. The van der Waals surface area contributed by atoms with E-state index in [2.05, 4.69) is 16.0 Å². The number of aromatic nitrogens is 2. The molecule has 0 bridgehead atoms. The molecular formula is C16H11ClN2. The Morgan fingerprint density at radius 2 is 1.00 bits per heavy atom. The molecule has 0 aliphatic heterocycles. The average molecular weight is 267 g/mol. The fraction of sp³-hybridized carbons (Fsp3) is 0. The van der Waals surface area contributed by atoms with Crippen LogP contribution >= 0.6 is 11.6 Å². The van der Waals surface area contributed by atoms with Crippen LogP contribution in [0.25, 0.3) is 22.3 Å². The molecular weight excluding hydrogens is 256 g/mol. The predicted octanol–water partition coefficient (Wildman–Crippen LogP) is 4.46. The van der Waals surface area contributed by atoms with Gasteiger partial charge >= 0.3 is 0 Å². The van der Waals surface area contributed by atoms with Crippen molar-refractivity contribution in [1.29, 1.82) is 0 Å². The lowest BCUT2D eigenvalue weighted by atomic mass is 10.0. The normalized spacial score (nSPS) is 10.4. The van der Waals surface area contributed by atoms with E-state index in [1.54, 1.807) is 24.8 Å². The lowest BCUT2D eigenvalue weighted by Gasteiger charge is -2.07. The summed E-state index contributed by atoms with van der Waals surface area (Å²) in [6.45, 7) is 0. The molecule has 3 heteroatoms. The zero-order chi connectivity index (χ0) is 13.1. The first-order valence-electron chi connectivity index (χ1n) is 5.94. The van der Waals surface area contributed by atoms with E-state index >= 15 is 0 Å². The number of rotatable bonds is 2. The summed E-state index contributed by atoms with van der Waals surface area (Å²) in [5.74, 6) is 0. The molecule has 0 spiro atoms. The zero-order valence-electron chi connectivity index (χ0n) is 10.1. The van der Waals surface area contributed by atoms with Crippen LogP contribution in [-0.2, 0) is 0 Å². The van der Waals surface area contributed by atoms with Crippen LogP contribution < -0.4 is 0 Å². The number of pyridine rings is 2. The second-order valence-corrected chi connectivity index (χ2v) is 4.64. The summed E-state index contributed by atoms with van der Waals surface area (Å²) < 4.78 is 0. The van der Waals surface area contributed by atoms with Gasteiger partial charge in [-0.1, -0.05) is 11.6 Å². The minimum Gasteiger partial charge on any atom is -0.265 e. The van der Waals surface area contributed by atoms with Crippen molar-refractivity contribution >= 4 is 11.6 Å². The molecule has 2 nitrogen and oxygen atoms in total. The Labute approximate surface area is 116 Å². The molecule has 2 aromatic heterocycles. The van der Waals surface area contributed by atoms with Gasteiger partial charge in [0.05, 0.1) is 0 Å². The standard InChI is InChI=1S/C16H11ClN2/c17-16-10-14(12-1-5-18-6-2-12)9-15(11-16)13-3-7-19-8-4-13/h1-11H. The van der Waals surface area contributed by atoms with Gasteiger partial charge in [-0.05, 0) is 64.7 Å². The molecule has 3 rings (SSSR count). The highest BCUT2D eigenvalue weighted by molar-refractivity contribution is 6.31. The first-order valence-corrected chi connectivity index (χ1v) is 6.32. The van der Waals surface area contributed by atoms with Crippen LogP contribution in [-0.4, -0.2) is 9.97 Å². The Balaban J connectivity index is 2.12. The molecule has 0 unspecified atom stereocenters. The highest BCUT2D eigenvalue weighted by Crippen LogP contribution is 2.29. The van der Waals surface area contributed by atoms with Crippen molar-refractivity contribution in [2.45, 2.75) is 0 Å². The van der Waals surface area contributed by atoms with Crippen LogP contribution in [0.3, 0.4) is 0 Å². The maximum atomic E-state index is 6.22. The Morgan fingerprint density at radius 3 is 1.42 bits per heavy atom. The van der Waals surface area contributed by atoms with E-state index in [-0.39, 0.29) is 0 Å². The van der Waals surface area contributed by atoms with Crippen molar-refractivity contribution in [3.05, 3.63) is 72.3 Å². The number of hydrogen-bond acceptors (Lipinski definition) is 2. The SMILES string of the molecule is Clc1cc(-c2ccncc2)cc(-c2ccncc2)c1. The zero-order valence-corrected chi connectivity index (χ0v) is 10.9. The largest absolute Gasteiger partial charge is 0.265 e. The van der Waals surface area contributed by atoms with Crippen molar-refractivity contribution in [1.82, 2.24) is 9.97 Å². The van der Waals surface area contributed by atoms with E-state index in [1.807, 2.05) is 36.4 Å². The number of benzene rings is 1. The van der Waals surface area contributed by atoms with Gasteiger partial charge in [0.25, 0.3) is 0 Å². The monoisotopic (exact) mass is 266 g/mol. The number of nitrogens with zero attached hydrogens (tertiary/aromatic N) is 2. The van der Waals surface area contributed by atoms with Crippen LogP contribution in [0.2, 0.25) is 5.02 Å². The summed E-state index contributed by atoms with van der Waals surface area (Å²) in [5, 5.41) is 0.723. The fourth-order valence-corrected chi connectivity index (χ4v) is 2.25. The predicted molar refractivity (Wildman–Crippen MR) is 77.9 cm³/mol. The molecule has 0 saturated carbocycles. The third-order valence-corrected chi connectivity index (χ3v) is 3.14. The van der Waals surface area contributed by atoms with E-state index in [4.69, 9.17) is 11.6 Å². The molecule has 0 aliphatic carbocycles. The fourth-order valence-electron chi connectivity index (χ4n) is 2.01. The summed E-state index contributed by atoms with van der Waals surface area (Å²) in [7, 11) is 0. The van der Waals surface area contributed by atoms with E-state index in [9.17, 15) is 0 Å². The third-order valence-electron chi connectivity index (χ3n) is 2.93. The van der Waals surface area contributed by atoms with Gasteiger partial charge in [0.1, 0.15) is 0 Å². The molecule has 0 N–H and O–H groups in total. The molecule has 0 radical (unpaired) electrons. The summed E-state index contributed by atoms with van der Waals surface area (Å²) in [5.41, 5.74) is 4.38. The smallest absolute Gasteiger partial charge is 0.0418 e. The van der Waals surface area contributed by atoms with E-state index in [1.165, 1.54) is 0 Å². The molecule has 0 aliphatic rings. The topological polar surface area (TPSA) is 25.8 Å². The van der Waals surface area contributed by atoms with Gasteiger partial charge in [-0.25, -0.2) is 0 Å². The molecule has 3 aromatic rings. The minimum absolute atomic E-state index is 0.723. The highest BCUT2D eigenvalue weighted by atomic mass is 35.5. The second-order valence-electron chi connectivity index (χ2n) is 4.20. The van der Waals surface area contributed by atoms with E-state index < -0.39 is 0 Å². The van der Waals surface area contributed by atoms with Crippen LogP contribution in [0, 0.1) is 0 Å². The number of halogens is 1. The van der Waals surface area contributed by atoms with Gasteiger partial charge in [0, 0.05) is 29.8 Å². The first kappa shape index (κ1) is 11.9. The van der Waals surface area contributed by atoms with Gasteiger partial charge in [-0.3, -0.25) is 9.97 Å². The number of hydrogen-bond donors (Lipinski definition) is 0. The van der Waals surface area contributed by atoms with Crippen molar-refractivity contribution in [3.63, 3.8) is 0 Å². The second kappa shape index (κ2) is 5.21. The molecule has 0 saturated heterocycles. The van der Waals surface area contributed by atoms with Gasteiger partial charge in [0.15, 0.2) is 0 Å². The maximum Gasteiger partial charge on any atom is 0.0418 e. The molecule has 0 atom stereocenters. The first-order chi connectivity index (χ1) is 9.33. The Hall–Kier alpha value is -2.19. The summed E-state index contributed by atoms with van der Waals surface area (Å²) in [6, 6.07) is 13.9. The third kappa shape index (κ3) is 2.64. The van der Waals surface area contributed by atoms with Crippen LogP contribution in [0.1, 0.15) is 0 Å². The molecule has 0 fully saturated rings. The summed E-state index contributed by atoms with van der Waals surface area (Å²) in [4.78, 5) is 8.07. The summed E-state index contributed by atoms with van der Waals surface area (Å²) >= 11 is 6.22. The van der Waals surface area contributed by atoms with Crippen molar-refractivity contribution in [3.8, 4) is 22.3 Å². The van der Waals surface area contributed by atoms with Gasteiger partial charge < -0.3 is 0 Å². The van der Waals surface area contributed by atoms with Crippen LogP contribution in [0.15, 0.2) is 67.3 Å².